The Morgan fingerprint density at radius 1 is 0.971 bits per heavy atom. The van der Waals surface area contributed by atoms with E-state index in [1.54, 1.807) is 22.8 Å². The van der Waals surface area contributed by atoms with Crippen molar-refractivity contribution in [3.63, 3.8) is 0 Å². The minimum absolute atomic E-state index is 0.117. The first-order valence-corrected chi connectivity index (χ1v) is 11.8. The summed E-state index contributed by atoms with van der Waals surface area (Å²) in [6, 6.07) is 23.1. The van der Waals surface area contributed by atoms with Gasteiger partial charge < -0.3 is 10.2 Å². The Labute approximate surface area is 198 Å². The van der Waals surface area contributed by atoms with Crippen molar-refractivity contribution in [2.75, 3.05) is 24.5 Å². The molecule has 172 valence electrons. The molecule has 6 nitrogen and oxygen atoms in total. The van der Waals surface area contributed by atoms with Crippen molar-refractivity contribution in [3.05, 3.63) is 99.8 Å². The van der Waals surface area contributed by atoms with E-state index in [1.807, 2.05) is 61.5 Å². The highest BCUT2D eigenvalue weighted by molar-refractivity contribution is 5.97. The van der Waals surface area contributed by atoms with Gasteiger partial charge in [-0.15, -0.1) is 0 Å². The number of aryl methyl sites for hydroxylation is 1. The maximum absolute atomic E-state index is 13.6. The Morgan fingerprint density at radius 2 is 1.76 bits per heavy atom. The Kier molecular flexibility index (Phi) is 6.12. The van der Waals surface area contributed by atoms with Gasteiger partial charge in [0, 0.05) is 25.2 Å². The molecule has 0 aliphatic carbocycles. The molecule has 1 saturated heterocycles. The van der Waals surface area contributed by atoms with Gasteiger partial charge in [0.25, 0.3) is 11.5 Å². The van der Waals surface area contributed by atoms with Crippen molar-refractivity contribution in [2.45, 2.75) is 26.2 Å². The van der Waals surface area contributed by atoms with E-state index in [1.165, 1.54) is 5.56 Å². The van der Waals surface area contributed by atoms with Crippen LogP contribution in [-0.2, 0) is 6.42 Å². The fourth-order valence-electron chi connectivity index (χ4n) is 4.51. The lowest BCUT2D eigenvalue weighted by Gasteiger charge is -2.22. The van der Waals surface area contributed by atoms with Crippen molar-refractivity contribution >= 4 is 22.8 Å². The highest BCUT2D eigenvalue weighted by Crippen LogP contribution is 2.24. The molecule has 0 unspecified atom stereocenters. The normalized spacial score (nSPS) is 13.4. The van der Waals surface area contributed by atoms with Crippen LogP contribution in [0.25, 0.3) is 16.6 Å². The largest absolute Gasteiger partial charge is 0.352 e. The highest BCUT2D eigenvalue weighted by Gasteiger charge is 2.21. The van der Waals surface area contributed by atoms with Gasteiger partial charge in [-0.3, -0.25) is 9.59 Å². The van der Waals surface area contributed by atoms with Gasteiger partial charge in [-0.1, -0.05) is 42.5 Å². The zero-order chi connectivity index (χ0) is 23.5. The number of nitrogens with zero attached hydrogens (tertiary/aromatic N) is 3. The molecule has 0 radical (unpaired) electrons. The van der Waals surface area contributed by atoms with Crippen molar-refractivity contribution in [1.82, 2.24) is 14.9 Å². The van der Waals surface area contributed by atoms with Crippen LogP contribution in [0.1, 0.15) is 34.3 Å². The van der Waals surface area contributed by atoms with Crippen molar-refractivity contribution in [3.8, 4) is 5.69 Å². The molecule has 1 aliphatic heterocycles. The Bertz CT molecular complexity index is 1390. The average molecular weight is 453 g/mol. The molecule has 3 aromatic carbocycles. The van der Waals surface area contributed by atoms with Gasteiger partial charge >= 0.3 is 0 Å². The summed E-state index contributed by atoms with van der Waals surface area (Å²) in [6.45, 7) is 4.29. The van der Waals surface area contributed by atoms with Gasteiger partial charge in [0.1, 0.15) is 0 Å². The molecule has 1 aliphatic rings. The third-order valence-electron chi connectivity index (χ3n) is 6.30. The van der Waals surface area contributed by atoms with Crippen LogP contribution in [0, 0.1) is 6.92 Å². The van der Waals surface area contributed by atoms with Gasteiger partial charge in [0.15, 0.2) is 0 Å². The third kappa shape index (κ3) is 4.44. The van der Waals surface area contributed by atoms with E-state index in [0.29, 0.717) is 29.0 Å². The number of amides is 1. The zero-order valence-electron chi connectivity index (χ0n) is 19.3. The van der Waals surface area contributed by atoms with Crippen molar-refractivity contribution in [1.29, 1.82) is 0 Å². The number of rotatable bonds is 6. The van der Waals surface area contributed by atoms with Crippen molar-refractivity contribution < 1.29 is 4.79 Å². The fraction of sp³-hybridized carbons (Fsp3) is 0.250. The Hall–Kier alpha value is -3.93. The topological polar surface area (TPSA) is 67.2 Å². The minimum atomic E-state index is -0.162. The van der Waals surface area contributed by atoms with Gasteiger partial charge in [-0.05, 0) is 67.6 Å². The van der Waals surface area contributed by atoms with E-state index in [0.717, 1.165) is 43.6 Å². The van der Waals surface area contributed by atoms with Gasteiger partial charge in [-0.2, -0.15) is 0 Å². The van der Waals surface area contributed by atoms with Crippen LogP contribution in [0.15, 0.2) is 77.6 Å². The molecule has 0 bridgehead atoms. The van der Waals surface area contributed by atoms with Crippen LogP contribution in [-0.4, -0.2) is 35.1 Å². The van der Waals surface area contributed by atoms with E-state index in [4.69, 9.17) is 4.98 Å². The average Bonchev–Trinajstić information content (AvgIpc) is 3.39. The molecule has 6 heteroatoms. The smallest absolute Gasteiger partial charge is 0.267 e. The van der Waals surface area contributed by atoms with Crippen LogP contribution in [0.2, 0.25) is 0 Å². The van der Waals surface area contributed by atoms with E-state index < -0.39 is 0 Å². The number of benzene rings is 3. The van der Waals surface area contributed by atoms with E-state index >= 15 is 0 Å². The number of hydrogen-bond donors (Lipinski definition) is 1. The lowest BCUT2D eigenvalue weighted by molar-refractivity contribution is 0.0954. The number of carbonyl (C=O) groups excluding carboxylic acids is 1. The number of anilines is 1. The first-order chi connectivity index (χ1) is 16.6. The summed E-state index contributed by atoms with van der Waals surface area (Å²) in [5, 5.41) is 3.48. The molecule has 0 saturated carbocycles. The standard InChI is InChI=1S/C28H28N4O2/c1-20-8-7-11-23(18-20)32-27(34)24-13-12-22(19-25(24)30-28(32)31-16-5-6-17-31)26(33)29-15-14-21-9-3-2-4-10-21/h2-4,7-13,18-19H,5-6,14-17H2,1H3,(H,29,33). The number of fused-ring (bicyclic) bond motifs is 1. The first-order valence-electron chi connectivity index (χ1n) is 11.8. The molecule has 1 N–H and O–H groups in total. The molecule has 1 amide bonds. The molecule has 0 spiro atoms. The maximum Gasteiger partial charge on any atom is 0.267 e. The van der Waals surface area contributed by atoms with Crippen LogP contribution in [0.3, 0.4) is 0 Å². The van der Waals surface area contributed by atoms with E-state index in [9.17, 15) is 9.59 Å². The zero-order valence-corrected chi connectivity index (χ0v) is 19.3. The molecule has 1 fully saturated rings. The van der Waals surface area contributed by atoms with Crippen LogP contribution >= 0.6 is 0 Å². The van der Waals surface area contributed by atoms with Crippen molar-refractivity contribution in [2.24, 2.45) is 0 Å². The summed E-state index contributed by atoms with van der Waals surface area (Å²) < 4.78 is 1.71. The van der Waals surface area contributed by atoms with Crippen LogP contribution in [0.5, 0.6) is 0 Å². The summed E-state index contributed by atoms with van der Waals surface area (Å²) in [7, 11) is 0. The number of aromatic nitrogens is 2. The lowest BCUT2D eigenvalue weighted by atomic mass is 10.1. The molecule has 0 atom stereocenters. The first kappa shape index (κ1) is 21.9. The summed E-state index contributed by atoms with van der Waals surface area (Å²) in [4.78, 5) is 33.5. The fourth-order valence-corrected chi connectivity index (χ4v) is 4.51. The van der Waals surface area contributed by atoms with Gasteiger partial charge in [0.05, 0.1) is 16.6 Å². The van der Waals surface area contributed by atoms with E-state index in [-0.39, 0.29) is 11.5 Å². The van der Waals surface area contributed by atoms with Crippen LogP contribution in [0.4, 0.5) is 5.95 Å². The Balaban J connectivity index is 1.49. The SMILES string of the molecule is Cc1cccc(-n2c(N3CCCC3)nc3cc(C(=O)NCCc4ccccc4)ccc3c2=O)c1. The Morgan fingerprint density at radius 3 is 2.53 bits per heavy atom. The third-order valence-corrected chi connectivity index (χ3v) is 6.30. The molecule has 34 heavy (non-hydrogen) atoms. The second kappa shape index (κ2) is 9.51. The second-order valence-corrected chi connectivity index (χ2v) is 8.81. The summed E-state index contributed by atoms with van der Waals surface area (Å²) >= 11 is 0. The number of carbonyl (C=O) groups is 1. The second-order valence-electron chi connectivity index (χ2n) is 8.81. The molecular formula is C28H28N4O2. The summed E-state index contributed by atoms with van der Waals surface area (Å²) in [6.07, 6.45) is 2.91. The molecule has 4 aromatic rings. The van der Waals surface area contributed by atoms with Gasteiger partial charge in [0.2, 0.25) is 5.95 Å². The van der Waals surface area contributed by atoms with Crippen LogP contribution < -0.4 is 15.8 Å². The number of nitrogens with one attached hydrogen (secondary N) is 1. The van der Waals surface area contributed by atoms with E-state index in [2.05, 4.69) is 10.2 Å². The summed E-state index contributed by atoms with van der Waals surface area (Å²) in [5.74, 6) is 0.479. The molecule has 1 aromatic heterocycles. The molecular weight excluding hydrogens is 424 g/mol. The van der Waals surface area contributed by atoms with Gasteiger partial charge in [-0.25, -0.2) is 9.55 Å². The number of hydrogen-bond acceptors (Lipinski definition) is 4. The lowest BCUT2D eigenvalue weighted by Crippen LogP contribution is -2.30. The molecule has 2 heterocycles. The maximum atomic E-state index is 13.6. The predicted molar refractivity (Wildman–Crippen MR) is 136 cm³/mol. The monoisotopic (exact) mass is 452 g/mol. The minimum Gasteiger partial charge on any atom is -0.352 e. The molecule has 5 rings (SSSR count). The summed E-state index contributed by atoms with van der Waals surface area (Å²) in [5.41, 5.74) is 4.01. The quantitative estimate of drug-likeness (QED) is 0.475. The predicted octanol–water partition coefficient (Wildman–Crippen LogP) is 4.27. The highest BCUT2D eigenvalue weighted by atomic mass is 16.1.